The summed E-state index contributed by atoms with van der Waals surface area (Å²) in [5.41, 5.74) is -0.0782. The van der Waals surface area contributed by atoms with Crippen molar-refractivity contribution < 1.29 is 0 Å². The van der Waals surface area contributed by atoms with E-state index < -0.39 is 0 Å². The second-order valence-corrected chi connectivity index (χ2v) is 4.35. The molecule has 0 aliphatic carbocycles. The third-order valence-corrected chi connectivity index (χ3v) is 2.86. The van der Waals surface area contributed by atoms with Crippen molar-refractivity contribution in [2.45, 2.75) is 25.8 Å². The fourth-order valence-corrected chi connectivity index (χ4v) is 1.70. The minimum Gasteiger partial charge on any atom is -0.305 e. The summed E-state index contributed by atoms with van der Waals surface area (Å²) in [5.74, 6) is 2.86. The lowest BCUT2D eigenvalue weighted by atomic mass is 10.0. The van der Waals surface area contributed by atoms with E-state index in [1.807, 2.05) is 0 Å². The monoisotopic (exact) mass is 180 g/mol. The van der Waals surface area contributed by atoms with E-state index in [9.17, 15) is 0 Å². The van der Waals surface area contributed by atoms with Crippen molar-refractivity contribution in [3.63, 3.8) is 0 Å². The molecule has 0 radical (unpaired) electrons. The summed E-state index contributed by atoms with van der Waals surface area (Å²) >= 11 is 0. The molecule has 0 aromatic rings. The molecule has 0 atom stereocenters. The maximum absolute atomic E-state index is 5.52. The average molecular weight is 180 g/mol. The first-order valence-electron chi connectivity index (χ1n) is 4.97. The number of hydrogen-bond acceptors (Lipinski definition) is 2. The van der Waals surface area contributed by atoms with Gasteiger partial charge in [-0.05, 0) is 33.9 Å². The van der Waals surface area contributed by atoms with Crippen LogP contribution in [0.3, 0.4) is 0 Å². The lowest BCUT2D eigenvalue weighted by molar-refractivity contribution is 0.176. The average Bonchev–Trinajstić information content (AvgIpc) is 2.30. The van der Waals surface area contributed by atoms with Crippen molar-refractivity contribution in [1.82, 2.24) is 9.80 Å². The van der Waals surface area contributed by atoms with E-state index in [0.29, 0.717) is 0 Å². The predicted molar refractivity (Wildman–Crippen MR) is 56.6 cm³/mol. The van der Waals surface area contributed by atoms with Crippen LogP contribution in [0.1, 0.15) is 20.3 Å². The van der Waals surface area contributed by atoms with E-state index in [1.54, 1.807) is 0 Å². The van der Waals surface area contributed by atoms with Crippen LogP contribution in [0.5, 0.6) is 0 Å². The Balaban J connectivity index is 2.57. The van der Waals surface area contributed by atoms with Gasteiger partial charge in [0.05, 0.1) is 5.54 Å². The molecule has 1 aliphatic heterocycles. The Bertz CT molecular complexity index is 203. The van der Waals surface area contributed by atoms with E-state index in [-0.39, 0.29) is 5.54 Å². The third-order valence-electron chi connectivity index (χ3n) is 2.86. The molecule has 1 rings (SSSR count). The Morgan fingerprint density at radius 2 is 1.85 bits per heavy atom. The molecule has 0 spiro atoms. The van der Waals surface area contributed by atoms with Gasteiger partial charge in [0, 0.05) is 19.6 Å². The van der Waals surface area contributed by atoms with E-state index >= 15 is 0 Å². The van der Waals surface area contributed by atoms with Crippen molar-refractivity contribution in [2.75, 3.05) is 33.2 Å². The molecule has 1 fully saturated rings. The van der Waals surface area contributed by atoms with Gasteiger partial charge in [0.15, 0.2) is 0 Å². The molecule has 2 heteroatoms. The minimum absolute atomic E-state index is 0.0782. The van der Waals surface area contributed by atoms with Crippen LogP contribution in [0.4, 0.5) is 0 Å². The Kier molecular flexibility index (Phi) is 3.35. The van der Waals surface area contributed by atoms with Crippen molar-refractivity contribution in [2.24, 2.45) is 0 Å². The molecule has 1 saturated heterocycles. The van der Waals surface area contributed by atoms with Gasteiger partial charge in [0.2, 0.25) is 0 Å². The number of likely N-dealkylation sites (N-methyl/N-ethyl adjacent to an activating group) is 1. The zero-order chi connectivity index (χ0) is 9.90. The van der Waals surface area contributed by atoms with E-state index in [0.717, 1.165) is 19.6 Å². The summed E-state index contributed by atoms with van der Waals surface area (Å²) in [6.07, 6.45) is 6.74. The van der Waals surface area contributed by atoms with Gasteiger partial charge in [0.1, 0.15) is 0 Å². The molecule has 0 unspecified atom stereocenters. The SMILES string of the molecule is C#CC(C)(C)N1CCCN(C)CC1. The highest BCUT2D eigenvalue weighted by Crippen LogP contribution is 2.15. The zero-order valence-corrected chi connectivity index (χ0v) is 9.01. The van der Waals surface area contributed by atoms with Crippen molar-refractivity contribution in [3.05, 3.63) is 0 Å². The molecule has 0 aromatic heterocycles. The van der Waals surface area contributed by atoms with Gasteiger partial charge in [-0.25, -0.2) is 0 Å². The van der Waals surface area contributed by atoms with Crippen molar-refractivity contribution in [3.8, 4) is 12.3 Å². The maximum atomic E-state index is 5.52. The van der Waals surface area contributed by atoms with Crippen LogP contribution in [0.25, 0.3) is 0 Å². The van der Waals surface area contributed by atoms with Gasteiger partial charge in [-0.15, -0.1) is 6.42 Å². The number of hydrogen-bond donors (Lipinski definition) is 0. The third kappa shape index (κ3) is 2.72. The van der Waals surface area contributed by atoms with E-state index in [2.05, 4.69) is 36.6 Å². The summed E-state index contributed by atoms with van der Waals surface area (Å²) in [6.45, 7) is 8.79. The van der Waals surface area contributed by atoms with Crippen LogP contribution in [-0.4, -0.2) is 48.6 Å². The topological polar surface area (TPSA) is 6.48 Å². The molecule has 2 nitrogen and oxygen atoms in total. The fraction of sp³-hybridized carbons (Fsp3) is 0.818. The molecular weight excluding hydrogens is 160 g/mol. The molecule has 74 valence electrons. The largest absolute Gasteiger partial charge is 0.305 e. The van der Waals surface area contributed by atoms with Crippen molar-refractivity contribution in [1.29, 1.82) is 0 Å². The minimum atomic E-state index is -0.0782. The van der Waals surface area contributed by atoms with Crippen LogP contribution < -0.4 is 0 Å². The quantitative estimate of drug-likeness (QED) is 0.556. The zero-order valence-electron chi connectivity index (χ0n) is 9.01. The first kappa shape index (κ1) is 10.6. The molecule has 0 N–H and O–H groups in total. The summed E-state index contributed by atoms with van der Waals surface area (Å²) < 4.78 is 0. The van der Waals surface area contributed by atoms with Gasteiger partial charge in [-0.2, -0.15) is 0 Å². The Morgan fingerprint density at radius 1 is 1.15 bits per heavy atom. The number of nitrogens with zero attached hydrogens (tertiary/aromatic N) is 2. The van der Waals surface area contributed by atoms with Gasteiger partial charge in [-0.3, -0.25) is 4.90 Å². The van der Waals surface area contributed by atoms with Gasteiger partial charge >= 0.3 is 0 Å². The van der Waals surface area contributed by atoms with Gasteiger partial charge < -0.3 is 4.90 Å². The molecule has 13 heavy (non-hydrogen) atoms. The molecular formula is C11H20N2. The Hall–Kier alpha value is -0.520. The predicted octanol–water partition coefficient (Wildman–Crippen LogP) is 1.04. The van der Waals surface area contributed by atoms with Crippen LogP contribution in [0.2, 0.25) is 0 Å². The smallest absolute Gasteiger partial charge is 0.0766 e. The first-order valence-corrected chi connectivity index (χ1v) is 4.97. The second-order valence-electron chi connectivity index (χ2n) is 4.35. The highest BCUT2D eigenvalue weighted by molar-refractivity contribution is 5.08. The lowest BCUT2D eigenvalue weighted by Gasteiger charge is -2.33. The standard InChI is InChI=1S/C11H20N2/c1-5-11(2,3)13-8-6-7-12(4)9-10-13/h1H,6-10H2,2-4H3. The molecule has 0 aromatic carbocycles. The molecule has 0 saturated carbocycles. The summed E-state index contributed by atoms with van der Waals surface area (Å²) in [6, 6.07) is 0. The van der Waals surface area contributed by atoms with Gasteiger partial charge in [-0.1, -0.05) is 5.92 Å². The Morgan fingerprint density at radius 3 is 2.46 bits per heavy atom. The Labute approximate surface area is 81.9 Å². The maximum Gasteiger partial charge on any atom is 0.0766 e. The second kappa shape index (κ2) is 4.13. The molecule has 1 aliphatic rings. The van der Waals surface area contributed by atoms with Crippen LogP contribution in [-0.2, 0) is 0 Å². The summed E-state index contributed by atoms with van der Waals surface area (Å²) in [7, 11) is 2.17. The van der Waals surface area contributed by atoms with E-state index in [4.69, 9.17) is 6.42 Å². The van der Waals surface area contributed by atoms with Crippen LogP contribution in [0.15, 0.2) is 0 Å². The normalized spacial score (nSPS) is 22.3. The number of rotatable bonds is 1. The first-order chi connectivity index (χ1) is 6.06. The molecule has 0 amide bonds. The van der Waals surface area contributed by atoms with Crippen molar-refractivity contribution >= 4 is 0 Å². The van der Waals surface area contributed by atoms with Crippen LogP contribution >= 0.6 is 0 Å². The van der Waals surface area contributed by atoms with Gasteiger partial charge in [0.25, 0.3) is 0 Å². The molecule has 0 bridgehead atoms. The summed E-state index contributed by atoms with van der Waals surface area (Å²) in [4.78, 5) is 4.77. The highest BCUT2D eigenvalue weighted by Gasteiger charge is 2.25. The highest BCUT2D eigenvalue weighted by atomic mass is 15.2. The number of terminal acetylenes is 1. The fourth-order valence-electron chi connectivity index (χ4n) is 1.70. The summed E-state index contributed by atoms with van der Waals surface area (Å²) in [5, 5.41) is 0. The molecule has 1 heterocycles. The van der Waals surface area contributed by atoms with Crippen LogP contribution in [0, 0.1) is 12.3 Å². The van der Waals surface area contributed by atoms with E-state index in [1.165, 1.54) is 13.0 Å². The lowest BCUT2D eigenvalue weighted by Crippen LogP contribution is -2.44.